The first kappa shape index (κ1) is 5.29. The van der Waals surface area contributed by atoms with Gasteiger partial charge < -0.3 is 6.92 Å². The van der Waals surface area contributed by atoms with Crippen LogP contribution >= 0.6 is 0 Å². The predicted molar refractivity (Wildman–Crippen MR) is 33.3 cm³/mol. The lowest BCUT2D eigenvalue weighted by atomic mass is 10.3. The van der Waals surface area contributed by atoms with Gasteiger partial charge in [-0.05, 0) is 12.1 Å². The topological polar surface area (TPSA) is 12.9 Å². The SMILES string of the molecule is [CH2-]Cc1ccccn1. The highest BCUT2D eigenvalue weighted by Gasteiger charge is 1.77. The highest BCUT2D eigenvalue weighted by Crippen LogP contribution is 1.91. The molecule has 0 unspecified atom stereocenters. The van der Waals surface area contributed by atoms with Gasteiger partial charge in [-0.25, -0.2) is 0 Å². The van der Waals surface area contributed by atoms with E-state index >= 15 is 0 Å². The maximum absolute atomic E-state index is 4.03. The van der Waals surface area contributed by atoms with Crippen molar-refractivity contribution in [2.24, 2.45) is 0 Å². The largest absolute Gasteiger partial charge is 0.338 e. The third-order valence-corrected chi connectivity index (χ3v) is 0.982. The van der Waals surface area contributed by atoms with Crippen molar-refractivity contribution in [2.45, 2.75) is 6.42 Å². The first-order chi connectivity index (χ1) is 3.93. The highest BCUT2D eigenvalue weighted by molar-refractivity contribution is 5.03. The van der Waals surface area contributed by atoms with E-state index in [1.807, 2.05) is 18.2 Å². The van der Waals surface area contributed by atoms with Gasteiger partial charge in [0, 0.05) is 11.9 Å². The van der Waals surface area contributed by atoms with Crippen molar-refractivity contribution in [3.63, 3.8) is 0 Å². The molecule has 0 saturated heterocycles. The Morgan fingerprint density at radius 3 is 2.75 bits per heavy atom. The fourth-order valence-corrected chi connectivity index (χ4v) is 0.546. The zero-order valence-corrected chi connectivity index (χ0v) is 4.67. The lowest BCUT2D eigenvalue weighted by molar-refractivity contribution is 1.11. The van der Waals surface area contributed by atoms with Gasteiger partial charge in [0.25, 0.3) is 0 Å². The molecule has 1 heterocycles. The first-order valence-corrected chi connectivity index (χ1v) is 2.62. The quantitative estimate of drug-likeness (QED) is 0.494. The van der Waals surface area contributed by atoms with Gasteiger partial charge in [0.05, 0.1) is 0 Å². The Morgan fingerprint density at radius 1 is 1.50 bits per heavy atom. The molecule has 1 rings (SSSR count). The van der Waals surface area contributed by atoms with E-state index in [9.17, 15) is 0 Å². The van der Waals surface area contributed by atoms with Gasteiger partial charge in [-0.15, -0.1) is 6.42 Å². The molecule has 0 aliphatic heterocycles. The van der Waals surface area contributed by atoms with Crippen LogP contribution in [0.25, 0.3) is 0 Å². The Kier molecular flexibility index (Phi) is 1.62. The molecule has 0 spiro atoms. The number of pyridine rings is 1. The second-order valence-electron chi connectivity index (χ2n) is 1.57. The molecular weight excluding hydrogens is 98.1 g/mol. The molecule has 8 heavy (non-hydrogen) atoms. The van der Waals surface area contributed by atoms with E-state index in [4.69, 9.17) is 0 Å². The van der Waals surface area contributed by atoms with E-state index in [1.165, 1.54) is 0 Å². The van der Waals surface area contributed by atoms with E-state index in [0.29, 0.717) is 0 Å². The van der Waals surface area contributed by atoms with Crippen molar-refractivity contribution in [3.05, 3.63) is 37.0 Å². The zero-order chi connectivity index (χ0) is 5.82. The van der Waals surface area contributed by atoms with Crippen molar-refractivity contribution in [1.29, 1.82) is 0 Å². The van der Waals surface area contributed by atoms with E-state index in [2.05, 4.69) is 11.9 Å². The van der Waals surface area contributed by atoms with Crippen LogP contribution in [0.15, 0.2) is 24.4 Å². The van der Waals surface area contributed by atoms with Gasteiger partial charge >= 0.3 is 0 Å². The molecule has 1 aromatic rings. The first-order valence-electron chi connectivity index (χ1n) is 2.62. The molecule has 1 nitrogen and oxygen atoms in total. The van der Waals surface area contributed by atoms with E-state index in [0.717, 1.165) is 12.1 Å². The Labute approximate surface area is 49.4 Å². The minimum Gasteiger partial charge on any atom is -0.338 e. The second kappa shape index (κ2) is 2.46. The molecular formula is C7H8N-. The monoisotopic (exact) mass is 106 g/mol. The number of rotatable bonds is 1. The van der Waals surface area contributed by atoms with Crippen LogP contribution in [0.3, 0.4) is 0 Å². The standard InChI is InChI=1S/C7H8N/c1-2-7-5-3-4-6-8-7/h3-6H,1-2H2/q-1. The Hall–Kier alpha value is -0.850. The smallest absolute Gasteiger partial charge is 0.0269 e. The molecule has 0 fully saturated rings. The zero-order valence-electron chi connectivity index (χ0n) is 4.67. The van der Waals surface area contributed by atoms with Crippen molar-refractivity contribution in [1.82, 2.24) is 4.98 Å². The summed E-state index contributed by atoms with van der Waals surface area (Å²) in [5.41, 5.74) is 1.05. The van der Waals surface area contributed by atoms with Crippen LogP contribution in [0.5, 0.6) is 0 Å². The van der Waals surface area contributed by atoms with E-state index in [-0.39, 0.29) is 0 Å². The molecule has 0 aliphatic carbocycles. The maximum Gasteiger partial charge on any atom is 0.0269 e. The third kappa shape index (κ3) is 1.06. The lowest BCUT2D eigenvalue weighted by Gasteiger charge is -1.93. The van der Waals surface area contributed by atoms with Crippen molar-refractivity contribution >= 4 is 0 Å². The molecule has 42 valence electrons. The van der Waals surface area contributed by atoms with Crippen LogP contribution < -0.4 is 0 Å². The normalized spacial score (nSPS) is 9.12. The maximum atomic E-state index is 4.03. The van der Waals surface area contributed by atoms with E-state index < -0.39 is 0 Å². The number of nitrogens with zero attached hydrogens (tertiary/aromatic N) is 1. The summed E-state index contributed by atoms with van der Waals surface area (Å²) < 4.78 is 0. The second-order valence-corrected chi connectivity index (χ2v) is 1.57. The van der Waals surface area contributed by atoms with Crippen LogP contribution in [0.4, 0.5) is 0 Å². The molecule has 0 N–H and O–H groups in total. The summed E-state index contributed by atoms with van der Waals surface area (Å²) in [4.78, 5) is 4.03. The summed E-state index contributed by atoms with van der Waals surface area (Å²) in [6.07, 6.45) is 2.56. The number of hydrogen-bond acceptors (Lipinski definition) is 1. The minimum atomic E-state index is 0.779. The van der Waals surface area contributed by atoms with Crippen molar-refractivity contribution in [2.75, 3.05) is 0 Å². The molecule has 0 amide bonds. The Balaban J connectivity index is 2.83. The summed E-state index contributed by atoms with van der Waals surface area (Å²) in [6.45, 7) is 3.69. The average Bonchev–Trinajstić information content (AvgIpc) is 1.90. The Bertz CT molecular complexity index is 146. The molecule has 1 heteroatoms. The fourth-order valence-electron chi connectivity index (χ4n) is 0.546. The molecule has 0 aliphatic rings. The van der Waals surface area contributed by atoms with Crippen LogP contribution in [0, 0.1) is 6.92 Å². The van der Waals surface area contributed by atoms with Crippen molar-refractivity contribution < 1.29 is 0 Å². The molecule has 0 aromatic carbocycles. The summed E-state index contributed by atoms with van der Waals surface area (Å²) >= 11 is 0. The molecule has 0 radical (unpaired) electrons. The molecule has 1 aromatic heterocycles. The fraction of sp³-hybridized carbons (Fsp3) is 0.143. The number of aromatic nitrogens is 1. The van der Waals surface area contributed by atoms with Crippen LogP contribution in [0.2, 0.25) is 0 Å². The van der Waals surface area contributed by atoms with Crippen molar-refractivity contribution in [3.8, 4) is 0 Å². The number of hydrogen-bond donors (Lipinski definition) is 0. The lowest BCUT2D eigenvalue weighted by Crippen LogP contribution is -1.81. The molecule has 0 atom stereocenters. The minimum absolute atomic E-state index is 0.779. The summed E-state index contributed by atoms with van der Waals surface area (Å²) in [6, 6.07) is 5.83. The summed E-state index contributed by atoms with van der Waals surface area (Å²) in [5.74, 6) is 0. The highest BCUT2D eigenvalue weighted by atomic mass is 14.6. The summed E-state index contributed by atoms with van der Waals surface area (Å²) in [7, 11) is 0. The van der Waals surface area contributed by atoms with Gasteiger partial charge in [-0.1, -0.05) is 6.07 Å². The van der Waals surface area contributed by atoms with Gasteiger partial charge in [0.1, 0.15) is 0 Å². The Morgan fingerprint density at radius 2 is 2.38 bits per heavy atom. The predicted octanol–water partition coefficient (Wildman–Crippen LogP) is 1.46. The van der Waals surface area contributed by atoms with Gasteiger partial charge in [-0.3, -0.25) is 4.98 Å². The van der Waals surface area contributed by atoms with Gasteiger partial charge in [-0.2, -0.15) is 0 Å². The van der Waals surface area contributed by atoms with Gasteiger partial charge in [0.15, 0.2) is 0 Å². The summed E-state index contributed by atoms with van der Waals surface area (Å²) in [5, 5.41) is 0. The van der Waals surface area contributed by atoms with Crippen LogP contribution in [-0.2, 0) is 6.42 Å². The molecule has 0 saturated carbocycles. The van der Waals surface area contributed by atoms with Gasteiger partial charge in [0.2, 0.25) is 0 Å². The molecule has 0 bridgehead atoms. The van der Waals surface area contributed by atoms with Crippen LogP contribution in [-0.4, -0.2) is 4.98 Å². The van der Waals surface area contributed by atoms with Crippen LogP contribution in [0.1, 0.15) is 5.69 Å². The third-order valence-electron chi connectivity index (χ3n) is 0.982. The van der Waals surface area contributed by atoms with E-state index in [1.54, 1.807) is 6.20 Å². The average molecular weight is 106 g/mol.